The van der Waals surface area contributed by atoms with E-state index in [0.717, 1.165) is 22.5 Å². The van der Waals surface area contributed by atoms with E-state index in [2.05, 4.69) is 5.32 Å². The van der Waals surface area contributed by atoms with E-state index in [9.17, 15) is 9.59 Å². The number of hydrogen-bond donors (Lipinski definition) is 1. The van der Waals surface area contributed by atoms with Crippen LogP contribution in [0.5, 0.6) is 0 Å². The lowest BCUT2D eigenvalue weighted by Gasteiger charge is -2.26. The van der Waals surface area contributed by atoms with Crippen molar-refractivity contribution in [2.45, 2.75) is 26.4 Å². The van der Waals surface area contributed by atoms with Crippen LogP contribution in [0.4, 0.5) is 0 Å². The Labute approximate surface area is 199 Å². The third kappa shape index (κ3) is 5.09. The highest BCUT2D eigenvalue weighted by Crippen LogP contribution is 2.25. The van der Waals surface area contributed by atoms with Crippen molar-refractivity contribution in [3.8, 4) is 16.9 Å². The average Bonchev–Trinajstić information content (AvgIpc) is 3.54. The van der Waals surface area contributed by atoms with Gasteiger partial charge in [0.2, 0.25) is 5.91 Å². The van der Waals surface area contributed by atoms with Crippen molar-refractivity contribution < 1.29 is 14.0 Å². The van der Waals surface area contributed by atoms with E-state index < -0.39 is 11.9 Å². The first kappa shape index (κ1) is 23.0. The summed E-state index contributed by atoms with van der Waals surface area (Å²) < 4.78 is 7.00. The molecule has 2 heterocycles. The zero-order chi connectivity index (χ0) is 24.1. The summed E-state index contributed by atoms with van der Waals surface area (Å²) in [6.45, 7) is 4.15. The topological polar surface area (TPSA) is 80.4 Å². The fraction of sp³-hybridized carbons (Fsp3) is 0.222. The molecule has 174 valence electrons. The molecule has 0 aliphatic rings. The fourth-order valence-electron chi connectivity index (χ4n) is 3.78. The van der Waals surface area contributed by atoms with E-state index in [-0.39, 0.29) is 17.6 Å². The van der Waals surface area contributed by atoms with Gasteiger partial charge in [-0.15, -0.1) is 0 Å². The number of para-hydroxylation sites is 1. The van der Waals surface area contributed by atoms with Gasteiger partial charge in [0.25, 0.3) is 5.91 Å². The van der Waals surface area contributed by atoms with Crippen molar-refractivity contribution in [3.05, 3.63) is 96.6 Å². The quantitative estimate of drug-likeness (QED) is 0.422. The molecule has 7 nitrogen and oxygen atoms in total. The van der Waals surface area contributed by atoms with E-state index >= 15 is 0 Å². The summed E-state index contributed by atoms with van der Waals surface area (Å²) in [5.74, 6) is -0.514. The first-order valence-electron chi connectivity index (χ1n) is 11.2. The van der Waals surface area contributed by atoms with Crippen LogP contribution < -0.4 is 5.32 Å². The summed E-state index contributed by atoms with van der Waals surface area (Å²) in [6.07, 6.45) is 3.38. The van der Waals surface area contributed by atoms with Gasteiger partial charge in [-0.25, -0.2) is 4.68 Å². The minimum atomic E-state index is -0.688. The number of nitrogens with zero attached hydrogens (tertiary/aromatic N) is 3. The summed E-state index contributed by atoms with van der Waals surface area (Å²) in [6, 6.07) is 22.3. The standard InChI is InChI=1S/C27H28N4O3/c1-19(2)24(28-26(32)23-15-10-16-34-23)27(33)30(3)17-21-18-31(22-13-8-5-9-14-22)29-25(21)20-11-6-4-7-12-20/h4-16,18-19,24H,17H2,1-3H3,(H,28,32). The molecule has 0 aliphatic carbocycles. The van der Waals surface area contributed by atoms with Crippen molar-refractivity contribution in [1.82, 2.24) is 20.0 Å². The Morgan fingerprint density at radius 2 is 1.68 bits per heavy atom. The maximum Gasteiger partial charge on any atom is 0.287 e. The van der Waals surface area contributed by atoms with Gasteiger partial charge < -0.3 is 14.6 Å². The predicted molar refractivity (Wildman–Crippen MR) is 130 cm³/mol. The van der Waals surface area contributed by atoms with E-state index in [1.165, 1.54) is 6.26 Å². The summed E-state index contributed by atoms with van der Waals surface area (Å²) in [4.78, 5) is 27.5. The van der Waals surface area contributed by atoms with Crippen molar-refractivity contribution >= 4 is 11.8 Å². The number of amides is 2. The van der Waals surface area contributed by atoms with Gasteiger partial charge in [0.15, 0.2) is 5.76 Å². The lowest BCUT2D eigenvalue weighted by Crippen LogP contribution is -2.50. The third-order valence-corrected chi connectivity index (χ3v) is 5.61. The molecule has 0 fully saturated rings. The number of likely N-dealkylation sites (N-methyl/N-ethyl adjacent to an activating group) is 1. The van der Waals surface area contributed by atoms with Crippen LogP contribution in [0.25, 0.3) is 16.9 Å². The van der Waals surface area contributed by atoms with Crippen molar-refractivity contribution in [3.63, 3.8) is 0 Å². The zero-order valence-corrected chi connectivity index (χ0v) is 19.5. The second-order valence-electron chi connectivity index (χ2n) is 8.52. The number of rotatable bonds is 8. The first-order valence-corrected chi connectivity index (χ1v) is 11.2. The molecule has 4 aromatic rings. The highest BCUT2D eigenvalue weighted by Gasteiger charge is 2.29. The Kier molecular flexibility index (Phi) is 6.92. The Balaban J connectivity index is 1.59. The van der Waals surface area contributed by atoms with Crippen LogP contribution in [-0.2, 0) is 11.3 Å². The second-order valence-corrected chi connectivity index (χ2v) is 8.52. The lowest BCUT2D eigenvalue weighted by atomic mass is 10.0. The second kappa shape index (κ2) is 10.2. The highest BCUT2D eigenvalue weighted by atomic mass is 16.3. The van der Waals surface area contributed by atoms with Gasteiger partial charge in [0, 0.05) is 30.9 Å². The molecule has 0 saturated carbocycles. The Hall–Kier alpha value is -4.13. The van der Waals surface area contributed by atoms with Crippen LogP contribution in [0.1, 0.15) is 30.0 Å². The van der Waals surface area contributed by atoms with Gasteiger partial charge in [-0.05, 0) is 30.2 Å². The van der Waals surface area contributed by atoms with Crippen molar-refractivity contribution in [1.29, 1.82) is 0 Å². The van der Waals surface area contributed by atoms with Crippen molar-refractivity contribution in [2.24, 2.45) is 5.92 Å². The molecule has 0 aliphatic heterocycles. The van der Waals surface area contributed by atoms with Crippen molar-refractivity contribution in [2.75, 3.05) is 7.05 Å². The number of furan rings is 1. The van der Waals surface area contributed by atoms with Crippen LogP contribution >= 0.6 is 0 Å². The summed E-state index contributed by atoms with van der Waals surface area (Å²) >= 11 is 0. The van der Waals surface area contributed by atoms with Gasteiger partial charge in [0.05, 0.1) is 17.6 Å². The average molecular weight is 457 g/mol. The minimum Gasteiger partial charge on any atom is -0.459 e. The molecule has 0 spiro atoms. The lowest BCUT2D eigenvalue weighted by molar-refractivity contribution is -0.133. The maximum absolute atomic E-state index is 13.4. The normalized spacial score (nSPS) is 11.9. The third-order valence-electron chi connectivity index (χ3n) is 5.61. The van der Waals surface area contributed by atoms with Gasteiger partial charge in [0.1, 0.15) is 6.04 Å². The molecule has 0 bridgehead atoms. The first-order chi connectivity index (χ1) is 16.4. The molecular weight excluding hydrogens is 428 g/mol. The number of hydrogen-bond acceptors (Lipinski definition) is 4. The van der Waals surface area contributed by atoms with E-state index in [1.54, 1.807) is 24.1 Å². The Bertz CT molecular complexity index is 1230. The van der Waals surface area contributed by atoms with Crippen LogP contribution in [-0.4, -0.2) is 39.6 Å². The van der Waals surface area contributed by atoms with Gasteiger partial charge in [-0.1, -0.05) is 62.4 Å². The molecule has 1 unspecified atom stereocenters. The molecule has 0 saturated heterocycles. The largest absolute Gasteiger partial charge is 0.459 e. The monoisotopic (exact) mass is 456 g/mol. The molecule has 1 atom stereocenters. The van der Waals surface area contributed by atoms with E-state index in [0.29, 0.717) is 6.54 Å². The van der Waals surface area contributed by atoms with E-state index in [4.69, 9.17) is 9.52 Å². The Morgan fingerprint density at radius 1 is 1.00 bits per heavy atom. The molecule has 2 aromatic heterocycles. The number of benzene rings is 2. The summed E-state index contributed by atoms with van der Waals surface area (Å²) in [5, 5.41) is 7.64. The zero-order valence-electron chi connectivity index (χ0n) is 19.5. The molecule has 7 heteroatoms. The van der Waals surface area contributed by atoms with Gasteiger partial charge in [-0.3, -0.25) is 9.59 Å². The van der Waals surface area contributed by atoms with E-state index in [1.807, 2.05) is 85.4 Å². The molecule has 0 radical (unpaired) electrons. The smallest absolute Gasteiger partial charge is 0.287 e. The van der Waals surface area contributed by atoms with Crippen LogP contribution in [0.2, 0.25) is 0 Å². The van der Waals surface area contributed by atoms with Gasteiger partial charge in [-0.2, -0.15) is 5.10 Å². The summed E-state index contributed by atoms with van der Waals surface area (Å²) in [7, 11) is 1.74. The molecule has 34 heavy (non-hydrogen) atoms. The van der Waals surface area contributed by atoms with Crippen LogP contribution in [0, 0.1) is 5.92 Å². The fourth-order valence-corrected chi connectivity index (χ4v) is 3.78. The number of aromatic nitrogens is 2. The number of nitrogens with one attached hydrogen (secondary N) is 1. The number of carbonyl (C=O) groups is 2. The number of carbonyl (C=O) groups excluding carboxylic acids is 2. The van der Waals surface area contributed by atoms with Crippen LogP contribution in [0.15, 0.2) is 89.7 Å². The summed E-state index contributed by atoms with van der Waals surface area (Å²) in [5.41, 5.74) is 3.63. The van der Waals surface area contributed by atoms with Crippen LogP contribution in [0.3, 0.4) is 0 Å². The molecule has 4 rings (SSSR count). The highest BCUT2D eigenvalue weighted by molar-refractivity contribution is 5.95. The molecule has 1 N–H and O–H groups in total. The molecular formula is C27H28N4O3. The minimum absolute atomic E-state index is 0.102. The maximum atomic E-state index is 13.4. The Morgan fingerprint density at radius 3 is 2.29 bits per heavy atom. The molecule has 2 aromatic carbocycles. The SMILES string of the molecule is CC(C)C(NC(=O)c1ccco1)C(=O)N(C)Cc1cn(-c2ccccc2)nc1-c1ccccc1. The predicted octanol–water partition coefficient (Wildman–Crippen LogP) is 4.55. The van der Waals surface area contributed by atoms with Gasteiger partial charge >= 0.3 is 0 Å². The molecule has 2 amide bonds.